The van der Waals surface area contributed by atoms with Crippen molar-refractivity contribution >= 4 is 63.7 Å². The topological polar surface area (TPSA) is 53.2 Å². The van der Waals surface area contributed by atoms with Crippen LogP contribution in [0.4, 0.5) is 5.69 Å². The van der Waals surface area contributed by atoms with Crippen molar-refractivity contribution < 1.29 is 4.79 Å². The van der Waals surface area contributed by atoms with Gasteiger partial charge in [0.1, 0.15) is 6.17 Å². The Hall–Kier alpha value is -0.750. The normalized spacial score (nSPS) is 12.5. The van der Waals surface area contributed by atoms with Crippen LogP contribution in [0.2, 0.25) is 0 Å². The van der Waals surface area contributed by atoms with Crippen molar-refractivity contribution in [3.63, 3.8) is 0 Å². The Morgan fingerprint density at radius 2 is 1.71 bits per heavy atom. The number of aryl methyl sites for hydroxylation is 1. The molecule has 0 fully saturated rings. The van der Waals surface area contributed by atoms with Gasteiger partial charge >= 0.3 is 0 Å². The molecule has 0 bridgehead atoms. The lowest BCUT2D eigenvalue weighted by Crippen LogP contribution is -2.56. The summed E-state index contributed by atoms with van der Waals surface area (Å²) in [5, 5.41) is 8.86. The number of hydrogen-bond donors (Lipinski definition) is 3. The summed E-state index contributed by atoms with van der Waals surface area (Å²) in [6.45, 7) is 6.09. The average Bonchev–Trinajstić information content (AvgIpc) is 2.58. The van der Waals surface area contributed by atoms with Gasteiger partial charge in [-0.25, -0.2) is 0 Å². The van der Waals surface area contributed by atoms with Gasteiger partial charge in [0, 0.05) is 12.1 Å². The van der Waals surface area contributed by atoms with E-state index in [0.29, 0.717) is 6.42 Å². The fraction of sp³-hybridized carbons (Fsp3) is 0.600. The zero-order valence-corrected chi connectivity index (χ0v) is 19.7. The van der Waals surface area contributed by atoms with Crippen LogP contribution in [0.3, 0.4) is 0 Å². The molecule has 8 heteroatoms. The molecule has 3 N–H and O–H groups in total. The van der Waals surface area contributed by atoms with Crippen molar-refractivity contribution in [2.45, 2.75) is 69.3 Å². The standard InChI is InChI=1S/C20H30Cl3N3OS/c1-4-5-6-7-8-15-9-11-16(12-10-15)24-19(28)26-18(20(21,22)23)25-17(27)13-14(2)3/h9-12,14,18H,4-8,13H2,1-3H3,(H,25,27)(H2,24,26,28). The first kappa shape index (κ1) is 25.3. The molecule has 0 spiro atoms. The molecule has 1 unspecified atom stereocenters. The first-order valence-electron chi connectivity index (χ1n) is 9.64. The minimum absolute atomic E-state index is 0.196. The molecule has 0 aliphatic rings. The summed E-state index contributed by atoms with van der Waals surface area (Å²) in [7, 11) is 0. The maximum Gasteiger partial charge on any atom is 0.228 e. The fourth-order valence-corrected chi connectivity index (χ4v) is 3.16. The van der Waals surface area contributed by atoms with E-state index in [-0.39, 0.29) is 16.9 Å². The first-order valence-corrected chi connectivity index (χ1v) is 11.2. The summed E-state index contributed by atoms with van der Waals surface area (Å²) in [6, 6.07) is 8.08. The molecule has 1 aromatic carbocycles. The highest BCUT2D eigenvalue weighted by atomic mass is 35.6. The summed E-state index contributed by atoms with van der Waals surface area (Å²) < 4.78 is -1.75. The molecule has 0 aliphatic heterocycles. The third-order valence-electron chi connectivity index (χ3n) is 4.03. The van der Waals surface area contributed by atoms with Gasteiger partial charge in [0.25, 0.3) is 0 Å². The van der Waals surface area contributed by atoms with Crippen molar-refractivity contribution in [1.82, 2.24) is 10.6 Å². The van der Waals surface area contributed by atoms with E-state index in [9.17, 15) is 4.79 Å². The maximum absolute atomic E-state index is 12.0. The monoisotopic (exact) mass is 465 g/mol. The predicted octanol–water partition coefficient (Wildman–Crippen LogP) is 5.95. The summed E-state index contributed by atoms with van der Waals surface area (Å²) in [5.74, 6) is -0.0179. The van der Waals surface area contributed by atoms with Crippen LogP contribution in [0, 0.1) is 5.92 Å². The summed E-state index contributed by atoms with van der Waals surface area (Å²) >= 11 is 23.3. The quantitative estimate of drug-likeness (QED) is 0.172. The van der Waals surface area contributed by atoms with Gasteiger partial charge in [-0.05, 0) is 48.7 Å². The highest BCUT2D eigenvalue weighted by Crippen LogP contribution is 2.29. The molecule has 1 amide bonds. The van der Waals surface area contributed by atoms with E-state index < -0.39 is 9.96 Å². The minimum Gasteiger partial charge on any atom is -0.339 e. The number of alkyl halides is 3. The van der Waals surface area contributed by atoms with Gasteiger partial charge in [-0.1, -0.05) is 87.0 Å². The van der Waals surface area contributed by atoms with Gasteiger partial charge in [0.05, 0.1) is 0 Å². The smallest absolute Gasteiger partial charge is 0.228 e. The van der Waals surface area contributed by atoms with E-state index in [2.05, 4.69) is 35.0 Å². The Morgan fingerprint density at radius 3 is 2.25 bits per heavy atom. The molecule has 1 aromatic rings. The molecule has 0 heterocycles. The van der Waals surface area contributed by atoms with E-state index in [1.807, 2.05) is 26.0 Å². The summed E-state index contributed by atoms with van der Waals surface area (Å²) in [4.78, 5) is 12.0. The number of carbonyl (C=O) groups is 1. The molecule has 28 heavy (non-hydrogen) atoms. The lowest BCUT2D eigenvalue weighted by atomic mass is 10.1. The number of hydrogen-bond acceptors (Lipinski definition) is 2. The zero-order valence-electron chi connectivity index (χ0n) is 16.7. The third-order valence-corrected chi connectivity index (χ3v) is 4.91. The molecule has 158 valence electrons. The van der Waals surface area contributed by atoms with E-state index in [4.69, 9.17) is 47.0 Å². The molecule has 1 rings (SSSR count). The molecular weight excluding hydrogens is 437 g/mol. The van der Waals surface area contributed by atoms with E-state index in [1.165, 1.54) is 31.2 Å². The van der Waals surface area contributed by atoms with Crippen molar-refractivity contribution in [3.05, 3.63) is 29.8 Å². The highest BCUT2D eigenvalue weighted by Gasteiger charge is 2.34. The predicted molar refractivity (Wildman–Crippen MR) is 125 cm³/mol. The molecule has 4 nitrogen and oxygen atoms in total. The molecule has 0 radical (unpaired) electrons. The van der Waals surface area contributed by atoms with Crippen LogP contribution in [-0.4, -0.2) is 21.0 Å². The van der Waals surface area contributed by atoms with Crippen LogP contribution in [0.25, 0.3) is 0 Å². The Balaban J connectivity index is 2.58. The maximum atomic E-state index is 12.0. The van der Waals surface area contributed by atoms with Gasteiger partial charge < -0.3 is 16.0 Å². The zero-order chi connectivity index (χ0) is 21.2. The largest absolute Gasteiger partial charge is 0.339 e. The lowest BCUT2D eigenvalue weighted by molar-refractivity contribution is -0.122. The Bertz CT molecular complexity index is 618. The molecule has 0 saturated heterocycles. The van der Waals surface area contributed by atoms with Crippen LogP contribution in [0.1, 0.15) is 58.4 Å². The molecule has 1 atom stereocenters. The number of nitrogens with one attached hydrogen (secondary N) is 3. The Kier molecular flexibility index (Phi) is 11.5. The van der Waals surface area contributed by atoms with Gasteiger partial charge in [-0.2, -0.15) is 0 Å². The number of rotatable bonds is 10. The Morgan fingerprint density at radius 1 is 1.07 bits per heavy atom. The fourth-order valence-electron chi connectivity index (χ4n) is 2.60. The van der Waals surface area contributed by atoms with Gasteiger partial charge in [-0.15, -0.1) is 0 Å². The van der Waals surface area contributed by atoms with Gasteiger partial charge in [0.2, 0.25) is 9.70 Å². The number of amides is 1. The molecular formula is C20H30Cl3N3OS. The number of anilines is 1. The van der Waals surface area contributed by atoms with Crippen molar-refractivity contribution in [3.8, 4) is 0 Å². The van der Waals surface area contributed by atoms with Crippen molar-refractivity contribution in [2.75, 3.05) is 5.32 Å². The Labute approximate surface area is 189 Å². The average molecular weight is 467 g/mol. The second-order valence-electron chi connectivity index (χ2n) is 7.25. The van der Waals surface area contributed by atoms with Crippen LogP contribution >= 0.6 is 47.0 Å². The molecule has 0 saturated carbocycles. The van der Waals surface area contributed by atoms with E-state index >= 15 is 0 Å². The highest BCUT2D eigenvalue weighted by molar-refractivity contribution is 7.80. The number of thiocarbonyl (C=S) groups is 1. The second kappa shape index (κ2) is 12.7. The number of unbranched alkanes of at least 4 members (excludes halogenated alkanes) is 3. The first-order chi connectivity index (χ1) is 13.1. The SMILES string of the molecule is CCCCCCc1ccc(NC(=S)NC(NC(=O)CC(C)C)C(Cl)(Cl)Cl)cc1. The lowest BCUT2D eigenvalue weighted by Gasteiger charge is -2.28. The van der Waals surface area contributed by atoms with Crippen LogP contribution in [-0.2, 0) is 11.2 Å². The number of halogens is 3. The van der Waals surface area contributed by atoms with Crippen LogP contribution in [0.15, 0.2) is 24.3 Å². The third kappa shape index (κ3) is 10.7. The summed E-state index contributed by atoms with van der Waals surface area (Å²) in [5.41, 5.74) is 2.12. The summed E-state index contributed by atoms with van der Waals surface area (Å²) in [6.07, 6.45) is 5.42. The van der Waals surface area contributed by atoms with Crippen LogP contribution < -0.4 is 16.0 Å². The number of benzene rings is 1. The molecule has 0 aliphatic carbocycles. The molecule has 0 aromatic heterocycles. The van der Waals surface area contributed by atoms with Gasteiger partial charge in [-0.3, -0.25) is 4.79 Å². The minimum atomic E-state index is -1.75. The van der Waals surface area contributed by atoms with Crippen LogP contribution in [0.5, 0.6) is 0 Å². The van der Waals surface area contributed by atoms with E-state index in [1.54, 1.807) is 0 Å². The van der Waals surface area contributed by atoms with E-state index in [0.717, 1.165) is 12.1 Å². The van der Waals surface area contributed by atoms with Gasteiger partial charge in [0.15, 0.2) is 5.11 Å². The number of carbonyl (C=O) groups excluding carboxylic acids is 1. The van der Waals surface area contributed by atoms with Crippen molar-refractivity contribution in [2.24, 2.45) is 5.92 Å². The second-order valence-corrected chi connectivity index (χ2v) is 10.0. The van der Waals surface area contributed by atoms with Crippen molar-refractivity contribution in [1.29, 1.82) is 0 Å².